The Morgan fingerprint density at radius 1 is 1.20 bits per heavy atom. The third kappa shape index (κ3) is 4.69. The number of nitrogens with one attached hydrogen (secondary N) is 1. The summed E-state index contributed by atoms with van der Waals surface area (Å²) in [4.78, 5) is 16.5. The molecule has 1 aromatic heterocycles. The molecule has 1 N–H and O–H groups in total. The van der Waals surface area contributed by atoms with E-state index in [0.717, 1.165) is 38.3 Å². The van der Waals surface area contributed by atoms with Crippen LogP contribution in [0.1, 0.15) is 35.7 Å². The molecule has 0 saturated carbocycles. The van der Waals surface area contributed by atoms with Gasteiger partial charge in [0.15, 0.2) is 0 Å². The van der Waals surface area contributed by atoms with Crippen molar-refractivity contribution in [2.45, 2.75) is 25.3 Å². The monoisotopic (exact) mass is 358 g/mol. The van der Waals surface area contributed by atoms with E-state index < -0.39 is 0 Å². The van der Waals surface area contributed by atoms with Crippen molar-refractivity contribution in [2.75, 3.05) is 32.8 Å². The van der Waals surface area contributed by atoms with E-state index in [0.29, 0.717) is 6.54 Å². The number of hydrogen-bond acceptors (Lipinski definition) is 4. The van der Waals surface area contributed by atoms with Crippen LogP contribution in [0.5, 0.6) is 0 Å². The average Bonchev–Trinajstić information content (AvgIpc) is 3.19. The number of nitrogens with zero attached hydrogens (tertiary/aromatic N) is 1. The highest BCUT2D eigenvalue weighted by molar-refractivity contribution is 7.10. The predicted octanol–water partition coefficient (Wildman–Crippen LogP) is 3.43. The van der Waals surface area contributed by atoms with Gasteiger partial charge in [-0.3, -0.25) is 9.69 Å². The van der Waals surface area contributed by atoms with Gasteiger partial charge in [-0.25, -0.2) is 0 Å². The molecule has 4 nitrogen and oxygen atoms in total. The largest absolute Gasteiger partial charge is 0.379 e. The summed E-state index contributed by atoms with van der Waals surface area (Å²) in [5.74, 6) is 0.0263. The van der Waals surface area contributed by atoms with E-state index in [2.05, 4.69) is 34.7 Å². The van der Waals surface area contributed by atoms with E-state index in [1.807, 2.05) is 30.3 Å². The second-order valence-corrected chi connectivity index (χ2v) is 7.28. The zero-order chi connectivity index (χ0) is 17.5. The van der Waals surface area contributed by atoms with Crippen LogP contribution in [0.25, 0.3) is 0 Å². The number of rotatable bonds is 7. The number of hydrogen-bond donors (Lipinski definition) is 1. The molecule has 1 aromatic carbocycles. The van der Waals surface area contributed by atoms with Gasteiger partial charge in [0.1, 0.15) is 0 Å². The molecule has 5 heteroatoms. The lowest BCUT2D eigenvalue weighted by molar-refractivity contribution is -0.123. The minimum Gasteiger partial charge on any atom is -0.379 e. The lowest BCUT2D eigenvalue weighted by Crippen LogP contribution is -2.44. The third-order valence-corrected chi connectivity index (χ3v) is 5.73. The zero-order valence-corrected chi connectivity index (χ0v) is 15.5. The highest BCUT2D eigenvalue weighted by Crippen LogP contribution is 2.26. The predicted molar refractivity (Wildman–Crippen MR) is 102 cm³/mol. The summed E-state index contributed by atoms with van der Waals surface area (Å²) >= 11 is 1.75. The van der Waals surface area contributed by atoms with E-state index in [1.54, 1.807) is 11.3 Å². The molecule has 0 bridgehead atoms. The molecule has 2 heterocycles. The van der Waals surface area contributed by atoms with Crippen LogP contribution in [0.15, 0.2) is 47.8 Å². The van der Waals surface area contributed by atoms with Crippen molar-refractivity contribution in [1.82, 2.24) is 10.2 Å². The molecule has 3 rings (SSSR count). The normalized spacial score (nSPS) is 17.8. The minimum atomic E-state index is -0.0881. The van der Waals surface area contributed by atoms with E-state index in [1.165, 1.54) is 4.88 Å². The van der Waals surface area contributed by atoms with Crippen molar-refractivity contribution in [3.8, 4) is 0 Å². The molecule has 1 aliphatic heterocycles. The summed E-state index contributed by atoms with van der Waals surface area (Å²) in [6.45, 7) is 6.05. The van der Waals surface area contributed by atoms with E-state index in [9.17, 15) is 4.79 Å². The van der Waals surface area contributed by atoms with Crippen LogP contribution in [0.2, 0.25) is 0 Å². The van der Waals surface area contributed by atoms with Crippen LogP contribution in [-0.4, -0.2) is 43.7 Å². The minimum absolute atomic E-state index is 0.0881. The summed E-state index contributed by atoms with van der Waals surface area (Å²) in [6.07, 6.45) is 0.803. The van der Waals surface area contributed by atoms with Crippen LogP contribution >= 0.6 is 11.3 Å². The zero-order valence-electron chi connectivity index (χ0n) is 14.7. The summed E-state index contributed by atoms with van der Waals surface area (Å²) in [5, 5.41) is 5.30. The number of carbonyl (C=O) groups is 1. The van der Waals surface area contributed by atoms with Crippen molar-refractivity contribution in [3.05, 3.63) is 58.3 Å². The maximum absolute atomic E-state index is 12.8. The molecule has 25 heavy (non-hydrogen) atoms. The molecule has 0 spiro atoms. The smallest absolute Gasteiger partial charge is 0.227 e. The number of ether oxygens (including phenoxy) is 1. The molecular formula is C20H26N2O2S. The topological polar surface area (TPSA) is 41.6 Å². The molecular weight excluding hydrogens is 332 g/mol. The number of morpholine rings is 1. The van der Waals surface area contributed by atoms with Crippen LogP contribution in [-0.2, 0) is 9.53 Å². The van der Waals surface area contributed by atoms with Crippen LogP contribution in [0.4, 0.5) is 0 Å². The molecule has 1 saturated heterocycles. The molecule has 2 aromatic rings. The molecule has 1 aliphatic rings. The van der Waals surface area contributed by atoms with Gasteiger partial charge in [-0.15, -0.1) is 11.3 Å². The SMILES string of the molecule is CC[C@H](C(=O)NC[C@@H](c1cccs1)N1CCOCC1)c1ccccc1. The van der Waals surface area contributed by atoms with Crippen LogP contribution in [0.3, 0.4) is 0 Å². The van der Waals surface area contributed by atoms with Gasteiger partial charge in [-0.1, -0.05) is 43.3 Å². The van der Waals surface area contributed by atoms with Crippen molar-refractivity contribution in [3.63, 3.8) is 0 Å². The molecule has 0 aliphatic carbocycles. The highest BCUT2D eigenvalue weighted by atomic mass is 32.1. The quantitative estimate of drug-likeness (QED) is 0.824. The molecule has 0 radical (unpaired) electrons. The summed E-state index contributed by atoms with van der Waals surface area (Å²) in [6, 6.07) is 14.5. The fourth-order valence-electron chi connectivity index (χ4n) is 3.36. The van der Waals surface area contributed by atoms with Gasteiger partial charge in [-0.05, 0) is 23.4 Å². The van der Waals surface area contributed by atoms with Gasteiger partial charge in [0, 0.05) is 24.5 Å². The molecule has 1 fully saturated rings. The van der Waals surface area contributed by atoms with Gasteiger partial charge in [0.05, 0.1) is 25.2 Å². The van der Waals surface area contributed by atoms with Crippen molar-refractivity contribution >= 4 is 17.2 Å². The maximum atomic E-state index is 12.8. The van der Waals surface area contributed by atoms with Gasteiger partial charge in [-0.2, -0.15) is 0 Å². The van der Waals surface area contributed by atoms with E-state index in [4.69, 9.17) is 4.74 Å². The summed E-state index contributed by atoms with van der Waals surface area (Å²) in [7, 11) is 0. The molecule has 134 valence electrons. The Morgan fingerprint density at radius 3 is 2.60 bits per heavy atom. The Morgan fingerprint density at radius 2 is 1.96 bits per heavy atom. The van der Waals surface area contributed by atoms with Gasteiger partial charge in [0.25, 0.3) is 0 Å². The first-order chi connectivity index (χ1) is 12.3. The van der Waals surface area contributed by atoms with Gasteiger partial charge < -0.3 is 10.1 Å². The fraction of sp³-hybridized carbons (Fsp3) is 0.450. The van der Waals surface area contributed by atoms with Crippen molar-refractivity contribution in [2.24, 2.45) is 0 Å². The van der Waals surface area contributed by atoms with Gasteiger partial charge in [0.2, 0.25) is 5.91 Å². The van der Waals surface area contributed by atoms with Crippen molar-refractivity contribution < 1.29 is 9.53 Å². The summed E-state index contributed by atoms with van der Waals surface area (Å²) < 4.78 is 5.48. The first-order valence-electron chi connectivity index (χ1n) is 8.97. The van der Waals surface area contributed by atoms with E-state index >= 15 is 0 Å². The summed E-state index contributed by atoms with van der Waals surface area (Å²) in [5.41, 5.74) is 1.08. The first kappa shape index (κ1) is 18.1. The number of carbonyl (C=O) groups excluding carboxylic acids is 1. The highest BCUT2D eigenvalue weighted by Gasteiger charge is 2.25. The van der Waals surface area contributed by atoms with Crippen LogP contribution < -0.4 is 5.32 Å². The third-order valence-electron chi connectivity index (χ3n) is 4.75. The standard InChI is InChI=1S/C20H26N2O2S/c1-2-17(16-7-4-3-5-8-16)20(23)21-15-18(19-9-6-14-25-19)22-10-12-24-13-11-22/h3-9,14,17-18H,2,10-13,15H2,1H3,(H,21,23)/t17-,18-/m0/s1. The number of thiophene rings is 1. The Balaban J connectivity index is 1.66. The van der Waals surface area contributed by atoms with E-state index in [-0.39, 0.29) is 17.9 Å². The fourth-order valence-corrected chi connectivity index (χ4v) is 4.22. The number of benzene rings is 1. The Bertz CT molecular complexity index is 639. The first-order valence-corrected chi connectivity index (χ1v) is 9.85. The molecule has 0 unspecified atom stereocenters. The van der Waals surface area contributed by atoms with Gasteiger partial charge >= 0.3 is 0 Å². The molecule has 1 amide bonds. The second-order valence-electron chi connectivity index (χ2n) is 6.30. The second kappa shape index (κ2) is 9.13. The molecule has 2 atom stereocenters. The Hall–Kier alpha value is -1.69. The maximum Gasteiger partial charge on any atom is 0.227 e. The lowest BCUT2D eigenvalue weighted by Gasteiger charge is -2.34. The average molecular weight is 359 g/mol. The van der Waals surface area contributed by atoms with Crippen LogP contribution in [0, 0.1) is 0 Å². The Labute approximate surface area is 153 Å². The Kier molecular flexibility index (Phi) is 6.62. The lowest BCUT2D eigenvalue weighted by atomic mass is 9.95. The number of amides is 1. The van der Waals surface area contributed by atoms with Crippen molar-refractivity contribution in [1.29, 1.82) is 0 Å².